The van der Waals surface area contributed by atoms with Crippen LogP contribution < -0.4 is 4.74 Å². The van der Waals surface area contributed by atoms with Crippen molar-refractivity contribution in [3.63, 3.8) is 0 Å². The smallest absolute Gasteiger partial charge is 0.308 e. The number of hydrogen-bond donors (Lipinski definition) is 0. The maximum absolute atomic E-state index is 10.7. The van der Waals surface area contributed by atoms with Crippen LogP contribution in [0.2, 0.25) is 0 Å². The van der Waals surface area contributed by atoms with E-state index < -0.39 is 0 Å². The fraction of sp³-hybridized carbons (Fsp3) is 0.0833. The molecule has 0 aromatic rings. The zero-order valence-electron chi connectivity index (χ0n) is 7.86. The van der Waals surface area contributed by atoms with Crippen molar-refractivity contribution in [2.75, 3.05) is 0 Å². The summed E-state index contributed by atoms with van der Waals surface area (Å²) in [6, 6.07) is 13.6. The average Bonchev–Trinajstić information content (AvgIpc) is 2.34. The molecule has 0 spiro atoms. The summed E-state index contributed by atoms with van der Waals surface area (Å²) in [7, 11) is 0. The molecule has 2 aliphatic rings. The Labute approximate surface area is 82.5 Å². The van der Waals surface area contributed by atoms with Crippen LogP contribution in [0.1, 0.15) is 6.92 Å². The van der Waals surface area contributed by atoms with Gasteiger partial charge in [-0.05, 0) is 23.3 Å². The lowest BCUT2D eigenvalue weighted by Crippen LogP contribution is -1.99. The van der Waals surface area contributed by atoms with Crippen LogP contribution in [0.4, 0.5) is 0 Å². The Morgan fingerprint density at radius 1 is 1.07 bits per heavy atom. The molecule has 0 saturated heterocycles. The molecule has 14 heavy (non-hydrogen) atoms. The standard InChI is InChI=1S/C12H10O2/c1-9(13)14-12-7-10-5-3-2-4-6-11(10)8-12/h2-8H,1H3. The van der Waals surface area contributed by atoms with Crippen LogP contribution in [0.3, 0.4) is 0 Å². The topological polar surface area (TPSA) is 26.3 Å². The van der Waals surface area contributed by atoms with Crippen molar-refractivity contribution in [2.45, 2.75) is 6.92 Å². The highest BCUT2D eigenvalue weighted by Gasteiger charge is 2.06. The average molecular weight is 186 g/mol. The van der Waals surface area contributed by atoms with Crippen LogP contribution in [0.5, 0.6) is 5.75 Å². The molecule has 0 radical (unpaired) electrons. The molecule has 70 valence electrons. The van der Waals surface area contributed by atoms with Gasteiger partial charge in [0, 0.05) is 6.92 Å². The molecular formula is C12H10O2. The van der Waals surface area contributed by atoms with E-state index in [1.165, 1.54) is 6.92 Å². The summed E-state index contributed by atoms with van der Waals surface area (Å²) in [5.41, 5.74) is 2.15. The summed E-state index contributed by atoms with van der Waals surface area (Å²) >= 11 is 0. The molecule has 0 amide bonds. The number of rotatable bonds is 1. The van der Waals surface area contributed by atoms with Crippen LogP contribution in [0, 0.1) is 0 Å². The molecule has 0 aromatic heterocycles. The third-order valence-electron chi connectivity index (χ3n) is 1.96. The van der Waals surface area contributed by atoms with Crippen molar-refractivity contribution in [2.24, 2.45) is 0 Å². The minimum Gasteiger partial charge on any atom is -0.427 e. The van der Waals surface area contributed by atoms with E-state index in [0.29, 0.717) is 5.75 Å². The van der Waals surface area contributed by atoms with Crippen molar-refractivity contribution in [1.29, 1.82) is 0 Å². The van der Waals surface area contributed by atoms with E-state index in [1.54, 1.807) is 0 Å². The SMILES string of the molecule is CC(=O)Oc1cc2cccccc-2c1. The summed E-state index contributed by atoms with van der Waals surface area (Å²) in [4.78, 5) is 10.7. The summed E-state index contributed by atoms with van der Waals surface area (Å²) in [6.45, 7) is 1.40. The number of carbonyl (C=O) groups is 1. The van der Waals surface area contributed by atoms with Crippen molar-refractivity contribution >= 4 is 5.97 Å². The zero-order valence-corrected chi connectivity index (χ0v) is 7.86. The number of fused-ring (bicyclic) bond motifs is 1. The molecule has 2 heteroatoms. The Balaban J connectivity index is 2.43. The molecule has 0 atom stereocenters. The highest BCUT2D eigenvalue weighted by Crippen LogP contribution is 2.29. The van der Waals surface area contributed by atoms with E-state index in [-0.39, 0.29) is 5.97 Å². The zero-order chi connectivity index (χ0) is 9.97. The molecule has 2 aliphatic carbocycles. The molecule has 0 bridgehead atoms. The molecule has 2 rings (SSSR count). The van der Waals surface area contributed by atoms with Crippen LogP contribution in [0.25, 0.3) is 11.1 Å². The van der Waals surface area contributed by atoms with Crippen molar-refractivity contribution in [3.8, 4) is 16.9 Å². The monoisotopic (exact) mass is 186 g/mol. The molecule has 0 N–H and O–H groups in total. The van der Waals surface area contributed by atoms with E-state index in [4.69, 9.17) is 4.74 Å². The molecule has 0 unspecified atom stereocenters. The fourth-order valence-electron chi connectivity index (χ4n) is 1.41. The van der Waals surface area contributed by atoms with Gasteiger partial charge >= 0.3 is 5.97 Å². The van der Waals surface area contributed by atoms with Gasteiger partial charge in [-0.1, -0.05) is 30.3 Å². The predicted molar refractivity (Wildman–Crippen MR) is 54.4 cm³/mol. The second-order valence-electron chi connectivity index (χ2n) is 3.11. The van der Waals surface area contributed by atoms with E-state index in [1.807, 2.05) is 42.5 Å². The summed E-state index contributed by atoms with van der Waals surface area (Å²) in [6.07, 6.45) is 0. The van der Waals surface area contributed by atoms with Gasteiger partial charge in [-0.3, -0.25) is 4.79 Å². The Kier molecular flexibility index (Phi) is 2.19. The van der Waals surface area contributed by atoms with Gasteiger partial charge in [0.25, 0.3) is 0 Å². The number of carbonyl (C=O) groups excluding carboxylic acids is 1. The largest absolute Gasteiger partial charge is 0.427 e. The lowest BCUT2D eigenvalue weighted by molar-refractivity contribution is -0.131. The minimum absolute atomic E-state index is 0.287. The second kappa shape index (κ2) is 3.50. The van der Waals surface area contributed by atoms with Crippen molar-refractivity contribution < 1.29 is 9.53 Å². The predicted octanol–water partition coefficient (Wildman–Crippen LogP) is 2.72. The van der Waals surface area contributed by atoms with Crippen LogP contribution >= 0.6 is 0 Å². The second-order valence-corrected chi connectivity index (χ2v) is 3.11. The first kappa shape index (κ1) is 8.75. The highest BCUT2D eigenvalue weighted by atomic mass is 16.5. The third kappa shape index (κ3) is 1.74. The van der Waals surface area contributed by atoms with Gasteiger partial charge in [-0.2, -0.15) is 0 Å². The Morgan fingerprint density at radius 2 is 1.64 bits per heavy atom. The Morgan fingerprint density at radius 3 is 2.14 bits per heavy atom. The van der Waals surface area contributed by atoms with Gasteiger partial charge < -0.3 is 4.74 Å². The van der Waals surface area contributed by atoms with Crippen LogP contribution in [0.15, 0.2) is 42.5 Å². The van der Waals surface area contributed by atoms with Gasteiger partial charge in [0.15, 0.2) is 0 Å². The lowest BCUT2D eigenvalue weighted by atomic mass is 10.2. The first-order chi connectivity index (χ1) is 6.75. The normalized spacial score (nSPS) is 10.1. The summed E-state index contributed by atoms with van der Waals surface area (Å²) in [5, 5.41) is 0. The summed E-state index contributed by atoms with van der Waals surface area (Å²) < 4.78 is 4.99. The van der Waals surface area contributed by atoms with Crippen LogP contribution in [-0.2, 0) is 4.79 Å². The maximum Gasteiger partial charge on any atom is 0.308 e. The number of esters is 1. The van der Waals surface area contributed by atoms with E-state index >= 15 is 0 Å². The first-order valence-corrected chi connectivity index (χ1v) is 4.43. The van der Waals surface area contributed by atoms with E-state index in [2.05, 4.69) is 0 Å². The third-order valence-corrected chi connectivity index (χ3v) is 1.96. The first-order valence-electron chi connectivity index (χ1n) is 4.43. The molecule has 2 nitrogen and oxygen atoms in total. The minimum atomic E-state index is -0.287. The van der Waals surface area contributed by atoms with Gasteiger partial charge in [-0.15, -0.1) is 0 Å². The van der Waals surface area contributed by atoms with Crippen molar-refractivity contribution in [3.05, 3.63) is 42.5 Å². The molecule has 0 fully saturated rings. The van der Waals surface area contributed by atoms with E-state index in [9.17, 15) is 4.79 Å². The Bertz CT molecular complexity index is 404. The van der Waals surface area contributed by atoms with Gasteiger partial charge in [0.1, 0.15) is 5.75 Å². The molecule has 0 heterocycles. The summed E-state index contributed by atoms with van der Waals surface area (Å²) in [5.74, 6) is 0.323. The van der Waals surface area contributed by atoms with E-state index in [0.717, 1.165) is 11.1 Å². The lowest BCUT2D eigenvalue weighted by Gasteiger charge is -1.93. The molecule has 0 aliphatic heterocycles. The van der Waals surface area contributed by atoms with Gasteiger partial charge in [0.2, 0.25) is 0 Å². The molecular weight excluding hydrogens is 176 g/mol. The highest BCUT2D eigenvalue weighted by molar-refractivity contribution is 5.75. The Hall–Kier alpha value is -1.83. The van der Waals surface area contributed by atoms with Crippen molar-refractivity contribution in [1.82, 2.24) is 0 Å². The molecule has 0 saturated carbocycles. The maximum atomic E-state index is 10.7. The number of ether oxygens (including phenoxy) is 1. The quantitative estimate of drug-likeness (QED) is 0.640. The van der Waals surface area contributed by atoms with Gasteiger partial charge in [0.05, 0.1) is 0 Å². The fourth-order valence-corrected chi connectivity index (χ4v) is 1.41. The van der Waals surface area contributed by atoms with Crippen LogP contribution in [-0.4, -0.2) is 5.97 Å². The van der Waals surface area contributed by atoms with Gasteiger partial charge in [-0.25, -0.2) is 0 Å². The number of hydrogen-bond acceptors (Lipinski definition) is 2. The molecule has 0 aromatic carbocycles.